The molecular formula is C34H23FN2O5S2. The normalized spacial score (nSPS) is 11.4. The van der Waals surface area contributed by atoms with E-state index in [9.17, 15) is 22.7 Å². The lowest BCUT2D eigenvalue weighted by Gasteiger charge is -2.15. The number of carbonyl (C=O) groups is 1. The first-order valence-corrected chi connectivity index (χ1v) is 15.6. The lowest BCUT2D eigenvalue weighted by Crippen LogP contribution is -2.14. The van der Waals surface area contributed by atoms with Crippen molar-refractivity contribution in [3.63, 3.8) is 0 Å². The quantitative estimate of drug-likeness (QED) is 0.149. The van der Waals surface area contributed by atoms with Gasteiger partial charge in [-0.1, -0.05) is 54.1 Å². The van der Waals surface area contributed by atoms with Crippen LogP contribution in [0, 0.1) is 19.3 Å². The Morgan fingerprint density at radius 1 is 0.955 bits per heavy atom. The van der Waals surface area contributed by atoms with Gasteiger partial charge in [0, 0.05) is 28.1 Å². The number of phenolic OH excluding ortho intramolecular Hbond substituents is 1. The fourth-order valence-corrected chi connectivity index (χ4v) is 7.50. The second-order valence-corrected chi connectivity index (χ2v) is 12.7. The highest BCUT2D eigenvalue weighted by molar-refractivity contribution is 7.90. The van der Waals surface area contributed by atoms with E-state index in [1.807, 2.05) is 13.0 Å². The van der Waals surface area contributed by atoms with Crippen LogP contribution in [0.1, 0.15) is 15.9 Å². The molecule has 0 aliphatic carbocycles. The molecule has 0 unspecified atom stereocenters. The van der Waals surface area contributed by atoms with E-state index in [1.54, 1.807) is 66.0 Å². The van der Waals surface area contributed by atoms with Gasteiger partial charge in [-0.25, -0.2) is 26.4 Å². The molecule has 0 radical (unpaired) electrons. The number of fused-ring (bicyclic) bond motifs is 1. The number of benzene rings is 4. The SMILES string of the molecule is [C-]#[N+]c1sccc1-c1c(-c2cccc(-c3ccc(C(=O)OC)cc3)c2)n(S(=O)(=O)c2ccc(C)cc2)c2c(O)cc(F)cc12. The van der Waals surface area contributed by atoms with E-state index in [4.69, 9.17) is 11.3 Å². The van der Waals surface area contributed by atoms with Crippen molar-refractivity contribution < 1.29 is 27.4 Å². The monoisotopic (exact) mass is 622 g/mol. The van der Waals surface area contributed by atoms with Crippen LogP contribution in [0.25, 0.3) is 49.3 Å². The molecule has 0 saturated heterocycles. The summed E-state index contributed by atoms with van der Waals surface area (Å²) in [7, 11) is -3.07. The molecule has 4 aromatic carbocycles. The zero-order chi connectivity index (χ0) is 31.2. The van der Waals surface area contributed by atoms with Crippen LogP contribution in [0.15, 0.2) is 101 Å². The van der Waals surface area contributed by atoms with E-state index in [0.717, 1.165) is 21.2 Å². The van der Waals surface area contributed by atoms with Gasteiger partial charge in [-0.15, -0.1) is 0 Å². The van der Waals surface area contributed by atoms with Crippen LogP contribution in [0.4, 0.5) is 9.39 Å². The second-order valence-electron chi connectivity index (χ2n) is 10.0. The molecule has 6 rings (SSSR count). The van der Waals surface area contributed by atoms with Gasteiger partial charge < -0.3 is 9.84 Å². The molecule has 2 aromatic heterocycles. The highest BCUT2D eigenvalue weighted by Gasteiger charge is 2.32. The molecule has 44 heavy (non-hydrogen) atoms. The molecule has 0 aliphatic rings. The Labute approximate surface area is 256 Å². The van der Waals surface area contributed by atoms with Crippen molar-refractivity contribution in [1.82, 2.24) is 3.97 Å². The number of methoxy groups -OCH3 is 1. The van der Waals surface area contributed by atoms with Gasteiger partial charge in [-0.05, 0) is 59.8 Å². The molecule has 0 fully saturated rings. The van der Waals surface area contributed by atoms with Crippen LogP contribution in [0.2, 0.25) is 0 Å². The molecule has 0 atom stereocenters. The Kier molecular flexibility index (Phi) is 7.29. The van der Waals surface area contributed by atoms with Crippen LogP contribution in [-0.4, -0.2) is 30.6 Å². The third-order valence-electron chi connectivity index (χ3n) is 7.32. The summed E-state index contributed by atoms with van der Waals surface area (Å²) in [5.74, 6) is -1.79. The molecule has 2 heterocycles. The first kappa shape index (κ1) is 28.9. The molecule has 0 bridgehead atoms. The zero-order valence-corrected chi connectivity index (χ0v) is 25.0. The maximum Gasteiger partial charge on any atom is 0.337 e. The Morgan fingerprint density at radius 3 is 2.34 bits per heavy atom. The van der Waals surface area contributed by atoms with E-state index < -0.39 is 27.6 Å². The number of aryl methyl sites for hydroxylation is 1. The minimum atomic E-state index is -4.37. The molecule has 6 aromatic rings. The van der Waals surface area contributed by atoms with Gasteiger partial charge >= 0.3 is 5.97 Å². The number of hydrogen-bond donors (Lipinski definition) is 1. The van der Waals surface area contributed by atoms with Crippen molar-refractivity contribution in [2.45, 2.75) is 11.8 Å². The van der Waals surface area contributed by atoms with E-state index in [2.05, 4.69) is 4.85 Å². The van der Waals surface area contributed by atoms with E-state index in [0.29, 0.717) is 27.8 Å². The molecule has 0 amide bonds. The zero-order valence-electron chi connectivity index (χ0n) is 23.4. The molecule has 0 aliphatic heterocycles. The summed E-state index contributed by atoms with van der Waals surface area (Å²) in [6.45, 7) is 9.60. The molecule has 1 N–H and O–H groups in total. The maximum absolute atomic E-state index is 14.9. The minimum Gasteiger partial charge on any atom is -0.506 e. The summed E-state index contributed by atoms with van der Waals surface area (Å²) < 4.78 is 49.7. The van der Waals surface area contributed by atoms with Crippen molar-refractivity contribution in [2.24, 2.45) is 0 Å². The average molecular weight is 623 g/mol. The summed E-state index contributed by atoms with van der Waals surface area (Å²) >= 11 is 1.18. The van der Waals surface area contributed by atoms with E-state index in [1.165, 1.54) is 36.6 Å². The van der Waals surface area contributed by atoms with E-state index >= 15 is 0 Å². The number of esters is 1. The maximum atomic E-state index is 14.9. The first-order chi connectivity index (χ1) is 21.1. The van der Waals surface area contributed by atoms with Crippen molar-refractivity contribution in [3.8, 4) is 39.3 Å². The molecule has 0 spiro atoms. The van der Waals surface area contributed by atoms with Crippen LogP contribution >= 0.6 is 11.3 Å². The van der Waals surface area contributed by atoms with Gasteiger partial charge in [0.2, 0.25) is 5.00 Å². The van der Waals surface area contributed by atoms with Crippen LogP contribution < -0.4 is 0 Å². The number of ether oxygens (including phenoxy) is 1. The van der Waals surface area contributed by atoms with Crippen LogP contribution in [0.3, 0.4) is 0 Å². The van der Waals surface area contributed by atoms with Gasteiger partial charge in [0.15, 0.2) is 0 Å². The van der Waals surface area contributed by atoms with Gasteiger partial charge in [-0.3, -0.25) is 0 Å². The largest absolute Gasteiger partial charge is 0.506 e. The molecular weight excluding hydrogens is 600 g/mol. The fourth-order valence-electron chi connectivity index (χ4n) is 5.26. The predicted molar refractivity (Wildman–Crippen MR) is 169 cm³/mol. The van der Waals surface area contributed by atoms with Gasteiger partial charge in [0.25, 0.3) is 10.0 Å². The van der Waals surface area contributed by atoms with Crippen molar-refractivity contribution in [3.05, 3.63) is 125 Å². The highest BCUT2D eigenvalue weighted by atomic mass is 32.2. The topological polar surface area (TPSA) is 90.0 Å². The summed E-state index contributed by atoms with van der Waals surface area (Å²) in [4.78, 5) is 15.6. The number of aromatic nitrogens is 1. The number of thiophene rings is 1. The average Bonchev–Trinajstić information content (AvgIpc) is 3.63. The highest BCUT2D eigenvalue weighted by Crippen LogP contribution is 2.49. The number of hydrogen-bond acceptors (Lipinski definition) is 6. The first-order valence-electron chi connectivity index (χ1n) is 13.3. The number of carbonyl (C=O) groups excluding carboxylic acids is 1. The van der Waals surface area contributed by atoms with Gasteiger partial charge in [0.05, 0.1) is 29.8 Å². The lowest BCUT2D eigenvalue weighted by molar-refractivity contribution is 0.0600. The van der Waals surface area contributed by atoms with Crippen molar-refractivity contribution >= 4 is 43.2 Å². The standard InChI is InChI=1S/C34H23FN2O5S2/c1-20-7-13-26(14-8-20)44(40,41)37-31(24-6-4-5-23(17-24)21-9-11-22(12-10-21)34(39)42-3)30(27-15-16-43-33(27)36-2)28-18-25(35)19-29(38)32(28)37/h4-19,38H,1,3H3. The summed E-state index contributed by atoms with van der Waals surface area (Å²) in [6, 6.07) is 23.9. The Bertz CT molecular complexity index is 2230. The second kappa shape index (κ2) is 11.1. The van der Waals surface area contributed by atoms with Gasteiger partial charge in [-0.2, -0.15) is 11.3 Å². The van der Waals surface area contributed by atoms with Gasteiger partial charge in [0.1, 0.15) is 17.1 Å². The number of aromatic hydroxyl groups is 1. The molecule has 0 saturated carbocycles. The number of halogens is 1. The lowest BCUT2D eigenvalue weighted by atomic mass is 9.96. The molecule has 7 nitrogen and oxygen atoms in total. The van der Waals surface area contributed by atoms with E-state index in [-0.39, 0.29) is 26.5 Å². The Balaban J connectivity index is 1.71. The predicted octanol–water partition coefficient (Wildman–Crippen LogP) is 8.43. The summed E-state index contributed by atoms with van der Waals surface area (Å²) in [5, 5.41) is 13.2. The Morgan fingerprint density at radius 2 is 1.66 bits per heavy atom. The van der Waals surface area contributed by atoms with Crippen molar-refractivity contribution in [2.75, 3.05) is 7.11 Å². The number of rotatable bonds is 6. The molecule has 218 valence electrons. The smallest absolute Gasteiger partial charge is 0.337 e. The van der Waals surface area contributed by atoms with Crippen LogP contribution in [-0.2, 0) is 14.8 Å². The third-order valence-corrected chi connectivity index (χ3v) is 9.84. The van der Waals surface area contributed by atoms with Crippen LogP contribution in [0.5, 0.6) is 5.75 Å². The minimum absolute atomic E-state index is 0.0261. The number of nitrogens with zero attached hydrogens (tertiary/aromatic N) is 2. The number of phenols is 1. The van der Waals surface area contributed by atoms with Crippen molar-refractivity contribution in [1.29, 1.82) is 0 Å². The summed E-state index contributed by atoms with van der Waals surface area (Å²) in [6.07, 6.45) is 0. The fraction of sp³-hybridized carbons (Fsp3) is 0.0588. The third kappa shape index (κ3) is 4.82. The Hall–Kier alpha value is -5.24. The molecule has 10 heteroatoms. The summed E-state index contributed by atoms with van der Waals surface area (Å²) in [5.41, 5.74) is 3.92.